The van der Waals surface area contributed by atoms with Crippen LogP contribution in [0.5, 0.6) is 11.5 Å². The van der Waals surface area contributed by atoms with Crippen molar-refractivity contribution in [1.29, 1.82) is 0 Å². The Hall–Kier alpha value is -4.06. The van der Waals surface area contributed by atoms with E-state index in [-0.39, 0.29) is 11.5 Å². The lowest BCUT2D eigenvalue weighted by molar-refractivity contribution is 0.475. The highest BCUT2D eigenvalue weighted by Gasteiger charge is 2.04. The van der Waals surface area contributed by atoms with E-state index < -0.39 is 0 Å². The molecule has 0 atom stereocenters. The summed E-state index contributed by atoms with van der Waals surface area (Å²) in [5, 5.41) is 37.7. The lowest BCUT2D eigenvalue weighted by Gasteiger charge is -2.04. The quantitative estimate of drug-likeness (QED) is 0.377. The Morgan fingerprint density at radius 3 is 1.21 bits per heavy atom. The molecule has 0 saturated carbocycles. The van der Waals surface area contributed by atoms with Crippen LogP contribution in [-0.2, 0) is 0 Å². The molecule has 0 aliphatic carbocycles. The highest BCUT2D eigenvalue weighted by Crippen LogP contribution is 2.34. The van der Waals surface area contributed by atoms with Crippen LogP contribution >= 0.6 is 0 Å². The smallest absolute Gasteiger partial charge is 0.115 e. The second-order valence-electron chi connectivity index (χ2n) is 6.08. The van der Waals surface area contributed by atoms with Gasteiger partial charge in [0.1, 0.15) is 11.5 Å². The third kappa shape index (κ3) is 3.86. The number of nitrogens with zero attached hydrogens (tertiary/aromatic N) is 4. The number of fused-ring (bicyclic) bond motifs is 1. The average Bonchev–Trinajstić information content (AvgIpc) is 2.73. The predicted molar refractivity (Wildman–Crippen MR) is 109 cm³/mol. The molecule has 0 aliphatic heterocycles. The number of benzene rings is 4. The molecule has 2 N–H and O–H groups in total. The summed E-state index contributed by atoms with van der Waals surface area (Å²) in [6.45, 7) is 0. The molecule has 0 aromatic heterocycles. The number of phenolic OH excluding ortho intramolecular Hbond substituents is 2. The summed E-state index contributed by atoms with van der Waals surface area (Å²) in [6.07, 6.45) is 0. The van der Waals surface area contributed by atoms with Gasteiger partial charge in [-0.25, -0.2) is 0 Å². The Morgan fingerprint density at radius 1 is 0.429 bits per heavy atom. The fourth-order valence-corrected chi connectivity index (χ4v) is 2.71. The van der Waals surface area contributed by atoms with Crippen LogP contribution in [0.1, 0.15) is 0 Å². The van der Waals surface area contributed by atoms with E-state index in [1.54, 1.807) is 48.5 Å². The van der Waals surface area contributed by atoms with Crippen molar-refractivity contribution >= 4 is 33.5 Å². The number of aromatic hydroxyl groups is 2. The molecule has 6 heteroatoms. The minimum atomic E-state index is 0.188. The van der Waals surface area contributed by atoms with Gasteiger partial charge in [-0.1, -0.05) is 24.3 Å². The van der Waals surface area contributed by atoms with Gasteiger partial charge in [-0.15, -0.1) is 10.2 Å². The zero-order valence-corrected chi connectivity index (χ0v) is 14.8. The molecule has 4 rings (SSSR count). The molecule has 0 unspecified atom stereocenters. The largest absolute Gasteiger partial charge is 0.508 e. The molecule has 0 bridgehead atoms. The number of azo groups is 2. The zero-order chi connectivity index (χ0) is 19.3. The highest BCUT2D eigenvalue weighted by molar-refractivity contribution is 5.99. The van der Waals surface area contributed by atoms with E-state index in [0.29, 0.717) is 22.7 Å². The van der Waals surface area contributed by atoms with Gasteiger partial charge in [-0.2, -0.15) is 10.2 Å². The van der Waals surface area contributed by atoms with Crippen LogP contribution in [0.15, 0.2) is 105 Å². The maximum atomic E-state index is 9.36. The normalized spacial score (nSPS) is 11.6. The maximum Gasteiger partial charge on any atom is 0.115 e. The Kier molecular flexibility index (Phi) is 4.76. The minimum absolute atomic E-state index is 0.188. The molecule has 136 valence electrons. The van der Waals surface area contributed by atoms with Crippen molar-refractivity contribution in [3.8, 4) is 11.5 Å². The van der Waals surface area contributed by atoms with Crippen LogP contribution in [0, 0.1) is 0 Å². The van der Waals surface area contributed by atoms with E-state index >= 15 is 0 Å². The number of phenols is 2. The standard InChI is InChI=1S/C22H16N4O2/c27-17-11-7-15(8-12-17)23-25-21-5-1-3-19-20(21)4-2-6-22(19)26-24-16-9-13-18(28)14-10-16/h1-14,27-28H. The Labute approximate surface area is 161 Å². The molecule has 0 saturated heterocycles. The van der Waals surface area contributed by atoms with Crippen molar-refractivity contribution in [2.75, 3.05) is 0 Å². The van der Waals surface area contributed by atoms with E-state index in [0.717, 1.165) is 10.8 Å². The summed E-state index contributed by atoms with van der Waals surface area (Å²) in [5.41, 5.74) is 2.73. The molecule has 4 aromatic carbocycles. The Balaban J connectivity index is 1.68. The molecule has 0 heterocycles. The van der Waals surface area contributed by atoms with Gasteiger partial charge < -0.3 is 10.2 Å². The summed E-state index contributed by atoms with van der Waals surface area (Å²) >= 11 is 0. The second-order valence-corrected chi connectivity index (χ2v) is 6.08. The molecule has 0 fully saturated rings. The Bertz CT molecular complexity index is 1070. The Morgan fingerprint density at radius 2 is 0.821 bits per heavy atom. The highest BCUT2D eigenvalue weighted by atomic mass is 16.3. The summed E-state index contributed by atoms with van der Waals surface area (Å²) in [5.74, 6) is 0.375. The summed E-state index contributed by atoms with van der Waals surface area (Å²) in [4.78, 5) is 0. The summed E-state index contributed by atoms with van der Waals surface area (Å²) in [7, 11) is 0. The first-order valence-corrected chi connectivity index (χ1v) is 8.62. The molecule has 0 spiro atoms. The lowest BCUT2D eigenvalue weighted by Crippen LogP contribution is -1.75. The van der Waals surface area contributed by atoms with Gasteiger partial charge in [-0.3, -0.25) is 0 Å². The van der Waals surface area contributed by atoms with Crippen LogP contribution < -0.4 is 0 Å². The molecule has 4 aromatic rings. The number of rotatable bonds is 4. The number of hydrogen-bond acceptors (Lipinski definition) is 6. The van der Waals surface area contributed by atoms with Crippen LogP contribution in [0.2, 0.25) is 0 Å². The third-order valence-corrected chi connectivity index (χ3v) is 4.12. The van der Waals surface area contributed by atoms with Crippen LogP contribution in [0.25, 0.3) is 10.8 Å². The van der Waals surface area contributed by atoms with Crippen molar-refractivity contribution in [3.63, 3.8) is 0 Å². The molecule has 0 radical (unpaired) electrons. The van der Waals surface area contributed by atoms with Gasteiger partial charge >= 0.3 is 0 Å². The van der Waals surface area contributed by atoms with E-state index in [2.05, 4.69) is 20.5 Å². The first-order chi connectivity index (χ1) is 13.7. The fraction of sp³-hybridized carbons (Fsp3) is 0. The van der Waals surface area contributed by atoms with Gasteiger partial charge in [0.05, 0.1) is 22.7 Å². The van der Waals surface area contributed by atoms with E-state index in [1.165, 1.54) is 0 Å². The molecular weight excluding hydrogens is 352 g/mol. The molecule has 28 heavy (non-hydrogen) atoms. The first-order valence-electron chi connectivity index (χ1n) is 8.62. The van der Waals surface area contributed by atoms with Crippen LogP contribution in [0.4, 0.5) is 22.7 Å². The predicted octanol–water partition coefficient (Wildman–Crippen LogP) is 7.08. The van der Waals surface area contributed by atoms with Gasteiger partial charge in [0.2, 0.25) is 0 Å². The van der Waals surface area contributed by atoms with Crippen molar-refractivity contribution in [1.82, 2.24) is 0 Å². The van der Waals surface area contributed by atoms with Crippen LogP contribution in [-0.4, -0.2) is 10.2 Å². The van der Waals surface area contributed by atoms with Crippen molar-refractivity contribution in [2.45, 2.75) is 0 Å². The molecular formula is C22H16N4O2. The monoisotopic (exact) mass is 368 g/mol. The van der Waals surface area contributed by atoms with Gasteiger partial charge in [-0.05, 0) is 60.7 Å². The van der Waals surface area contributed by atoms with E-state index in [1.807, 2.05) is 36.4 Å². The average molecular weight is 368 g/mol. The summed E-state index contributed by atoms with van der Waals surface area (Å²) in [6, 6.07) is 24.5. The zero-order valence-electron chi connectivity index (χ0n) is 14.8. The molecule has 0 aliphatic rings. The van der Waals surface area contributed by atoms with Crippen molar-refractivity contribution in [2.24, 2.45) is 20.5 Å². The topological polar surface area (TPSA) is 89.9 Å². The SMILES string of the molecule is Oc1ccc(N=Nc2cccc3c(N=Nc4ccc(O)cc4)cccc23)cc1. The molecule has 6 nitrogen and oxygen atoms in total. The van der Waals surface area contributed by atoms with E-state index in [4.69, 9.17) is 0 Å². The fourth-order valence-electron chi connectivity index (χ4n) is 2.71. The summed E-state index contributed by atoms with van der Waals surface area (Å²) < 4.78 is 0. The van der Waals surface area contributed by atoms with E-state index in [9.17, 15) is 10.2 Å². The van der Waals surface area contributed by atoms with Crippen molar-refractivity contribution < 1.29 is 10.2 Å². The lowest BCUT2D eigenvalue weighted by atomic mass is 10.1. The van der Waals surface area contributed by atoms with Crippen LogP contribution in [0.3, 0.4) is 0 Å². The first kappa shape index (κ1) is 17.4. The van der Waals surface area contributed by atoms with Gasteiger partial charge in [0.15, 0.2) is 0 Å². The molecule has 0 amide bonds. The number of hydrogen-bond donors (Lipinski definition) is 2. The third-order valence-electron chi connectivity index (χ3n) is 4.12. The van der Waals surface area contributed by atoms with Gasteiger partial charge in [0, 0.05) is 10.8 Å². The van der Waals surface area contributed by atoms with Crippen molar-refractivity contribution in [3.05, 3.63) is 84.9 Å². The van der Waals surface area contributed by atoms with Gasteiger partial charge in [0.25, 0.3) is 0 Å². The second kappa shape index (κ2) is 7.67. The maximum absolute atomic E-state index is 9.36. The minimum Gasteiger partial charge on any atom is -0.508 e.